The minimum Gasteiger partial charge on any atom is -0.469 e. The maximum Gasteiger partial charge on any atom is 0.309 e. The zero-order valence-corrected chi connectivity index (χ0v) is 8.59. The number of ether oxygens (including phenoxy) is 1. The Kier molecular flexibility index (Phi) is 2.46. The van der Waals surface area contributed by atoms with Crippen LogP contribution in [0.4, 0.5) is 0 Å². The van der Waals surface area contributed by atoms with Gasteiger partial charge in [-0.2, -0.15) is 0 Å². The number of Topliss-reactive ketones (excluding diaryl/α,β-unsaturated/α-hetero) is 1. The van der Waals surface area contributed by atoms with E-state index in [4.69, 9.17) is 0 Å². The lowest BCUT2D eigenvalue weighted by Crippen LogP contribution is -2.51. The summed E-state index contributed by atoms with van der Waals surface area (Å²) in [6.45, 7) is 5.48. The molecule has 0 amide bonds. The summed E-state index contributed by atoms with van der Waals surface area (Å²) < 4.78 is 4.67. The van der Waals surface area contributed by atoms with E-state index in [0.717, 1.165) is 0 Å². The molecule has 1 aliphatic carbocycles. The lowest BCUT2D eigenvalue weighted by Gasteiger charge is -2.49. The third kappa shape index (κ3) is 1.47. The quantitative estimate of drug-likeness (QED) is 0.609. The molecule has 13 heavy (non-hydrogen) atoms. The molecule has 0 aliphatic heterocycles. The fraction of sp³-hybridized carbons (Fsp3) is 0.800. The molecule has 2 atom stereocenters. The van der Waals surface area contributed by atoms with Crippen LogP contribution in [0.25, 0.3) is 0 Å². The van der Waals surface area contributed by atoms with Gasteiger partial charge in [-0.3, -0.25) is 9.59 Å². The van der Waals surface area contributed by atoms with E-state index < -0.39 is 0 Å². The average molecular weight is 184 g/mol. The fourth-order valence-corrected chi connectivity index (χ4v) is 2.16. The molecule has 1 fully saturated rings. The third-order valence-electron chi connectivity index (χ3n) is 3.24. The molecule has 3 nitrogen and oxygen atoms in total. The van der Waals surface area contributed by atoms with Gasteiger partial charge in [0, 0.05) is 5.92 Å². The number of ketones is 1. The van der Waals surface area contributed by atoms with Crippen LogP contribution < -0.4 is 0 Å². The Morgan fingerprint density at radius 2 is 1.85 bits per heavy atom. The van der Waals surface area contributed by atoms with Gasteiger partial charge in [0.05, 0.1) is 13.0 Å². The van der Waals surface area contributed by atoms with Crippen molar-refractivity contribution in [1.82, 2.24) is 0 Å². The number of esters is 1. The van der Waals surface area contributed by atoms with Crippen molar-refractivity contribution in [2.75, 3.05) is 7.11 Å². The molecule has 0 aromatic heterocycles. The van der Waals surface area contributed by atoms with Gasteiger partial charge in [-0.15, -0.1) is 0 Å². The SMILES string of the molecule is COC(=O)[C@@H]1C[C@H](C(C)=O)C1(C)C. The number of carbonyl (C=O) groups excluding carboxylic acids is 2. The first-order chi connectivity index (χ1) is 5.91. The van der Waals surface area contributed by atoms with E-state index in [2.05, 4.69) is 4.74 Å². The Labute approximate surface area is 78.5 Å². The number of carbonyl (C=O) groups is 2. The van der Waals surface area contributed by atoms with Crippen LogP contribution in [-0.2, 0) is 14.3 Å². The first-order valence-corrected chi connectivity index (χ1v) is 4.49. The van der Waals surface area contributed by atoms with E-state index in [9.17, 15) is 9.59 Å². The summed E-state index contributed by atoms with van der Waals surface area (Å²) in [5, 5.41) is 0. The summed E-state index contributed by atoms with van der Waals surface area (Å²) in [6.07, 6.45) is 0.648. The Bertz CT molecular complexity index is 243. The molecule has 0 spiro atoms. The summed E-state index contributed by atoms with van der Waals surface area (Å²) in [6, 6.07) is 0. The normalized spacial score (nSPS) is 30.5. The summed E-state index contributed by atoms with van der Waals surface area (Å²) in [5.41, 5.74) is -0.223. The van der Waals surface area contributed by atoms with Crippen molar-refractivity contribution in [1.29, 1.82) is 0 Å². The smallest absolute Gasteiger partial charge is 0.309 e. The molecular weight excluding hydrogens is 168 g/mol. The molecular formula is C10H16O3. The molecule has 1 aliphatic rings. The maximum absolute atomic E-state index is 11.2. The van der Waals surface area contributed by atoms with E-state index in [0.29, 0.717) is 6.42 Å². The minimum atomic E-state index is -0.223. The van der Waals surface area contributed by atoms with E-state index >= 15 is 0 Å². The summed E-state index contributed by atoms with van der Waals surface area (Å²) in [7, 11) is 1.39. The Balaban J connectivity index is 2.69. The van der Waals surface area contributed by atoms with Crippen molar-refractivity contribution in [2.45, 2.75) is 27.2 Å². The van der Waals surface area contributed by atoms with Gasteiger partial charge in [0.15, 0.2) is 0 Å². The zero-order valence-electron chi connectivity index (χ0n) is 8.59. The average Bonchev–Trinajstić information content (AvgIpc) is 2.01. The standard InChI is InChI=1S/C10H16O3/c1-6(11)7-5-8(9(12)13-4)10(7,2)3/h7-8H,5H2,1-4H3/t7-,8+/m1/s1. The van der Waals surface area contributed by atoms with Gasteiger partial charge >= 0.3 is 5.97 Å². The second kappa shape index (κ2) is 3.13. The van der Waals surface area contributed by atoms with Crippen LogP contribution in [-0.4, -0.2) is 18.9 Å². The van der Waals surface area contributed by atoms with Crippen molar-refractivity contribution in [3.8, 4) is 0 Å². The van der Waals surface area contributed by atoms with Crippen molar-refractivity contribution < 1.29 is 14.3 Å². The van der Waals surface area contributed by atoms with E-state index in [-0.39, 0.29) is 29.0 Å². The molecule has 0 saturated heterocycles. The topological polar surface area (TPSA) is 43.4 Å². The lowest BCUT2D eigenvalue weighted by atomic mass is 9.53. The van der Waals surface area contributed by atoms with Gasteiger partial charge in [0.1, 0.15) is 5.78 Å². The zero-order chi connectivity index (χ0) is 10.2. The van der Waals surface area contributed by atoms with Crippen molar-refractivity contribution >= 4 is 11.8 Å². The van der Waals surface area contributed by atoms with Crippen LogP contribution in [0.15, 0.2) is 0 Å². The molecule has 1 rings (SSSR count). The summed E-state index contributed by atoms with van der Waals surface area (Å²) in [5.74, 6) is -0.101. The predicted molar refractivity (Wildman–Crippen MR) is 48.1 cm³/mol. The monoisotopic (exact) mass is 184 g/mol. The van der Waals surface area contributed by atoms with Gasteiger partial charge in [0.2, 0.25) is 0 Å². The molecule has 0 aromatic carbocycles. The predicted octanol–water partition coefficient (Wildman–Crippen LogP) is 1.41. The van der Waals surface area contributed by atoms with Crippen LogP contribution in [0.5, 0.6) is 0 Å². The van der Waals surface area contributed by atoms with E-state index in [1.807, 2.05) is 13.8 Å². The van der Waals surface area contributed by atoms with Gasteiger partial charge in [0.25, 0.3) is 0 Å². The highest BCUT2D eigenvalue weighted by molar-refractivity contribution is 5.84. The first kappa shape index (κ1) is 10.2. The molecule has 0 N–H and O–H groups in total. The Hall–Kier alpha value is -0.860. The summed E-state index contributed by atoms with van der Waals surface area (Å²) in [4.78, 5) is 22.4. The molecule has 1 saturated carbocycles. The first-order valence-electron chi connectivity index (χ1n) is 4.49. The van der Waals surface area contributed by atoms with Crippen molar-refractivity contribution in [3.05, 3.63) is 0 Å². The molecule has 0 radical (unpaired) electrons. The van der Waals surface area contributed by atoms with E-state index in [1.165, 1.54) is 7.11 Å². The van der Waals surface area contributed by atoms with Crippen molar-refractivity contribution in [3.63, 3.8) is 0 Å². The summed E-state index contributed by atoms with van der Waals surface area (Å²) >= 11 is 0. The van der Waals surface area contributed by atoms with Crippen LogP contribution in [0, 0.1) is 17.3 Å². The highest BCUT2D eigenvalue weighted by Crippen LogP contribution is 2.51. The van der Waals surface area contributed by atoms with Crippen LogP contribution in [0.3, 0.4) is 0 Å². The Morgan fingerprint density at radius 3 is 2.15 bits per heavy atom. The maximum atomic E-state index is 11.2. The van der Waals surface area contributed by atoms with Gasteiger partial charge < -0.3 is 4.74 Å². The van der Waals surface area contributed by atoms with Crippen LogP contribution in [0.1, 0.15) is 27.2 Å². The highest BCUT2D eigenvalue weighted by Gasteiger charge is 2.54. The largest absolute Gasteiger partial charge is 0.469 e. The molecule has 3 heteroatoms. The van der Waals surface area contributed by atoms with Crippen LogP contribution in [0.2, 0.25) is 0 Å². The van der Waals surface area contributed by atoms with Gasteiger partial charge in [-0.05, 0) is 18.8 Å². The number of hydrogen-bond acceptors (Lipinski definition) is 3. The second-order valence-corrected chi connectivity index (χ2v) is 4.30. The molecule has 74 valence electrons. The Morgan fingerprint density at radius 1 is 1.31 bits per heavy atom. The van der Waals surface area contributed by atoms with Crippen molar-refractivity contribution in [2.24, 2.45) is 17.3 Å². The van der Waals surface area contributed by atoms with E-state index in [1.54, 1.807) is 6.92 Å². The molecule has 0 aromatic rings. The molecule has 0 unspecified atom stereocenters. The fourth-order valence-electron chi connectivity index (χ4n) is 2.16. The number of methoxy groups -OCH3 is 1. The van der Waals surface area contributed by atoms with Crippen LogP contribution >= 0.6 is 0 Å². The lowest BCUT2D eigenvalue weighted by molar-refractivity contribution is -0.165. The number of hydrogen-bond donors (Lipinski definition) is 0. The molecule has 0 heterocycles. The van der Waals surface area contributed by atoms with Gasteiger partial charge in [-0.1, -0.05) is 13.8 Å². The molecule has 0 bridgehead atoms. The second-order valence-electron chi connectivity index (χ2n) is 4.30. The van der Waals surface area contributed by atoms with Gasteiger partial charge in [-0.25, -0.2) is 0 Å². The number of rotatable bonds is 2. The highest BCUT2D eigenvalue weighted by atomic mass is 16.5. The minimum absolute atomic E-state index is 0.0246. The third-order valence-corrected chi connectivity index (χ3v) is 3.24.